The molecular formula is C17H17Cl2NO. The minimum atomic E-state index is 0.602. The number of nitrogens with one attached hydrogen (secondary N) is 1. The summed E-state index contributed by atoms with van der Waals surface area (Å²) in [7, 11) is 1.61. The van der Waals surface area contributed by atoms with Gasteiger partial charge in [-0.2, -0.15) is 0 Å². The summed E-state index contributed by atoms with van der Waals surface area (Å²) < 4.78 is 5.17. The number of benzene rings is 2. The van der Waals surface area contributed by atoms with E-state index in [-0.39, 0.29) is 0 Å². The molecule has 0 aliphatic heterocycles. The lowest BCUT2D eigenvalue weighted by Crippen LogP contribution is -2.15. The number of rotatable bonds is 5. The standard InChI is InChI=1S/C17H17Cl2NO/c1-21-17-7-4-12(9-16(17)19)11-2-3-13(15(18)8-11)10-20-14-5-6-14/h2-4,7-9,14,20H,5-6,10H2,1H3. The Bertz CT molecular complexity index is 653. The topological polar surface area (TPSA) is 21.3 Å². The van der Waals surface area contributed by atoms with Crippen LogP contribution in [0.2, 0.25) is 10.0 Å². The van der Waals surface area contributed by atoms with Gasteiger partial charge in [0.2, 0.25) is 0 Å². The predicted octanol–water partition coefficient (Wildman–Crippen LogP) is 4.92. The highest BCUT2D eigenvalue weighted by Gasteiger charge is 2.20. The molecule has 3 rings (SSSR count). The third-order valence-electron chi connectivity index (χ3n) is 3.70. The van der Waals surface area contributed by atoms with E-state index >= 15 is 0 Å². The van der Waals surface area contributed by atoms with Crippen molar-refractivity contribution in [3.05, 3.63) is 52.0 Å². The van der Waals surface area contributed by atoms with Crippen molar-refractivity contribution in [2.24, 2.45) is 0 Å². The quantitative estimate of drug-likeness (QED) is 0.843. The van der Waals surface area contributed by atoms with Crippen molar-refractivity contribution < 1.29 is 4.74 Å². The summed E-state index contributed by atoms with van der Waals surface area (Å²) in [5, 5.41) is 4.86. The molecule has 1 aliphatic rings. The van der Waals surface area contributed by atoms with Gasteiger partial charge in [0.1, 0.15) is 5.75 Å². The minimum absolute atomic E-state index is 0.602. The van der Waals surface area contributed by atoms with Gasteiger partial charge in [-0.25, -0.2) is 0 Å². The molecule has 2 aromatic rings. The van der Waals surface area contributed by atoms with Gasteiger partial charge in [0.25, 0.3) is 0 Å². The first-order valence-electron chi connectivity index (χ1n) is 7.03. The Hall–Kier alpha value is -1.22. The molecule has 4 heteroatoms. The molecule has 2 aromatic carbocycles. The lowest BCUT2D eigenvalue weighted by atomic mass is 10.0. The van der Waals surface area contributed by atoms with Gasteiger partial charge < -0.3 is 10.1 Å². The van der Waals surface area contributed by atoms with E-state index in [9.17, 15) is 0 Å². The monoisotopic (exact) mass is 321 g/mol. The number of hydrogen-bond acceptors (Lipinski definition) is 2. The minimum Gasteiger partial charge on any atom is -0.495 e. The van der Waals surface area contributed by atoms with Crippen LogP contribution in [0, 0.1) is 0 Å². The Morgan fingerprint density at radius 3 is 2.29 bits per heavy atom. The van der Waals surface area contributed by atoms with E-state index in [1.54, 1.807) is 7.11 Å². The molecule has 0 saturated heterocycles. The zero-order valence-corrected chi connectivity index (χ0v) is 13.3. The molecule has 0 spiro atoms. The number of halogens is 2. The molecule has 0 unspecified atom stereocenters. The molecule has 0 heterocycles. The highest BCUT2D eigenvalue weighted by Crippen LogP contribution is 2.32. The van der Waals surface area contributed by atoms with E-state index in [0.29, 0.717) is 16.8 Å². The van der Waals surface area contributed by atoms with Gasteiger partial charge in [-0.15, -0.1) is 0 Å². The van der Waals surface area contributed by atoms with E-state index in [2.05, 4.69) is 17.4 Å². The van der Waals surface area contributed by atoms with Crippen LogP contribution in [0.1, 0.15) is 18.4 Å². The second kappa shape index (κ2) is 6.27. The smallest absolute Gasteiger partial charge is 0.137 e. The number of ether oxygens (including phenoxy) is 1. The van der Waals surface area contributed by atoms with Crippen molar-refractivity contribution >= 4 is 23.2 Å². The normalized spacial score (nSPS) is 14.2. The van der Waals surface area contributed by atoms with E-state index in [4.69, 9.17) is 27.9 Å². The Kier molecular flexibility index (Phi) is 4.39. The van der Waals surface area contributed by atoms with Gasteiger partial charge in [-0.3, -0.25) is 0 Å². The average Bonchev–Trinajstić information content (AvgIpc) is 3.30. The molecule has 0 amide bonds. The number of hydrogen-bond donors (Lipinski definition) is 1. The Balaban J connectivity index is 1.81. The van der Waals surface area contributed by atoms with Gasteiger partial charge >= 0.3 is 0 Å². The zero-order chi connectivity index (χ0) is 14.8. The summed E-state index contributed by atoms with van der Waals surface area (Å²) in [5.41, 5.74) is 3.22. The summed E-state index contributed by atoms with van der Waals surface area (Å²) in [4.78, 5) is 0. The Labute approximate surface area is 135 Å². The third-order valence-corrected chi connectivity index (χ3v) is 4.34. The molecule has 0 radical (unpaired) electrons. The fraction of sp³-hybridized carbons (Fsp3) is 0.294. The van der Waals surface area contributed by atoms with Gasteiger partial charge in [0.15, 0.2) is 0 Å². The Morgan fingerprint density at radius 1 is 1.05 bits per heavy atom. The molecule has 2 nitrogen and oxygen atoms in total. The highest BCUT2D eigenvalue weighted by molar-refractivity contribution is 6.32. The molecule has 1 aliphatic carbocycles. The van der Waals surface area contributed by atoms with Crippen LogP contribution in [0.5, 0.6) is 5.75 Å². The first-order valence-corrected chi connectivity index (χ1v) is 7.78. The Morgan fingerprint density at radius 2 is 1.71 bits per heavy atom. The second-order valence-electron chi connectivity index (χ2n) is 5.31. The van der Waals surface area contributed by atoms with Crippen LogP contribution in [0.3, 0.4) is 0 Å². The SMILES string of the molecule is COc1ccc(-c2ccc(CNC3CC3)c(Cl)c2)cc1Cl. The largest absolute Gasteiger partial charge is 0.495 e. The fourth-order valence-corrected chi connectivity index (χ4v) is 2.76. The fourth-order valence-electron chi connectivity index (χ4n) is 2.26. The second-order valence-corrected chi connectivity index (χ2v) is 6.13. The lowest BCUT2D eigenvalue weighted by Gasteiger charge is -2.10. The summed E-state index contributed by atoms with van der Waals surface area (Å²) >= 11 is 12.6. The van der Waals surface area contributed by atoms with E-state index in [0.717, 1.165) is 28.3 Å². The van der Waals surface area contributed by atoms with Gasteiger partial charge in [-0.05, 0) is 47.7 Å². The van der Waals surface area contributed by atoms with Crippen LogP contribution in [0.25, 0.3) is 11.1 Å². The molecule has 21 heavy (non-hydrogen) atoms. The zero-order valence-electron chi connectivity index (χ0n) is 11.8. The molecule has 1 fully saturated rings. The predicted molar refractivity (Wildman–Crippen MR) is 88.3 cm³/mol. The summed E-state index contributed by atoms with van der Waals surface area (Å²) in [6, 6.07) is 12.6. The molecule has 0 bridgehead atoms. The van der Waals surface area contributed by atoms with Crippen LogP contribution in [0.4, 0.5) is 0 Å². The molecular weight excluding hydrogens is 305 g/mol. The van der Waals surface area contributed by atoms with E-state index in [1.807, 2.05) is 24.3 Å². The van der Waals surface area contributed by atoms with Crippen molar-refractivity contribution in [3.8, 4) is 16.9 Å². The van der Waals surface area contributed by atoms with Gasteiger partial charge in [0.05, 0.1) is 12.1 Å². The van der Waals surface area contributed by atoms with Crippen molar-refractivity contribution in [1.29, 1.82) is 0 Å². The van der Waals surface area contributed by atoms with Crippen molar-refractivity contribution in [1.82, 2.24) is 5.32 Å². The maximum absolute atomic E-state index is 6.38. The molecule has 0 aromatic heterocycles. The van der Waals surface area contributed by atoms with Crippen LogP contribution in [0.15, 0.2) is 36.4 Å². The lowest BCUT2D eigenvalue weighted by molar-refractivity contribution is 0.415. The van der Waals surface area contributed by atoms with Gasteiger partial charge in [-0.1, -0.05) is 41.4 Å². The van der Waals surface area contributed by atoms with Crippen molar-refractivity contribution in [2.45, 2.75) is 25.4 Å². The number of methoxy groups -OCH3 is 1. The summed E-state index contributed by atoms with van der Waals surface area (Å²) in [5.74, 6) is 0.678. The molecule has 0 atom stereocenters. The maximum Gasteiger partial charge on any atom is 0.137 e. The van der Waals surface area contributed by atoms with Crippen LogP contribution in [-0.2, 0) is 6.54 Å². The summed E-state index contributed by atoms with van der Waals surface area (Å²) in [6.45, 7) is 0.827. The average molecular weight is 322 g/mol. The first-order chi connectivity index (χ1) is 10.2. The first kappa shape index (κ1) is 14.7. The molecule has 1 N–H and O–H groups in total. The summed E-state index contributed by atoms with van der Waals surface area (Å²) in [6.07, 6.45) is 2.56. The van der Waals surface area contributed by atoms with Crippen molar-refractivity contribution in [3.63, 3.8) is 0 Å². The van der Waals surface area contributed by atoms with Gasteiger partial charge in [0, 0.05) is 17.6 Å². The third kappa shape index (κ3) is 3.52. The van der Waals surface area contributed by atoms with E-state index < -0.39 is 0 Å². The van der Waals surface area contributed by atoms with Crippen LogP contribution < -0.4 is 10.1 Å². The van der Waals surface area contributed by atoms with E-state index in [1.165, 1.54) is 12.8 Å². The maximum atomic E-state index is 6.38. The van der Waals surface area contributed by atoms with Crippen molar-refractivity contribution in [2.75, 3.05) is 7.11 Å². The van der Waals surface area contributed by atoms with Crippen LogP contribution in [-0.4, -0.2) is 13.2 Å². The molecule has 110 valence electrons. The molecule has 1 saturated carbocycles. The van der Waals surface area contributed by atoms with Crippen LogP contribution >= 0.6 is 23.2 Å². The highest BCUT2D eigenvalue weighted by atomic mass is 35.5.